The van der Waals surface area contributed by atoms with Crippen LogP contribution in [-0.2, 0) is 12.6 Å². The molecule has 2 aromatic heterocycles. The van der Waals surface area contributed by atoms with E-state index >= 15 is 0 Å². The highest BCUT2D eigenvalue weighted by Crippen LogP contribution is 2.44. The molecule has 0 unspecified atom stereocenters. The van der Waals surface area contributed by atoms with Crippen LogP contribution in [0.3, 0.4) is 0 Å². The summed E-state index contributed by atoms with van der Waals surface area (Å²) in [5.74, 6) is 0.949. The van der Waals surface area contributed by atoms with Gasteiger partial charge in [-0.25, -0.2) is 0 Å². The minimum atomic E-state index is -0.191. The van der Waals surface area contributed by atoms with Gasteiger partial charge in [-0.1, -0.05) is 0 Å². The fraction of sp³-hybridized carbons (Fsp3) is 0.269. The SMILES string of the molecule is COc1ccc2c(c1)NC1(CCN(C(=O)c3ccc4c(ccn4C)c3)CC1)c1cccn1-2. The highest BCUT2D eigenvalue weighted by molar-refractivity contribution is 5.98. The molecule has 1 spiro atoms. The van der Waals surface area contributed by atoms with Crippen LogP contribution in [0.5, 0.6) is 5.75 Å². The maximum atomic E-state index is 13.3. The second kappa shape index (κ2) is 6.92. The first kappa shape index (κ1) is 19.0. The summed E-state index contributed by atoms with van der Waals surface area (Å²) in [5.41, 5.74) is 5.17. The third-order valence-corrected chi connectivity index (χ3v) is 7.11. The topological polar surface area (TPSA) is 51.4 Å². The van der Waals surface area contributed by atoms with E-state index in [9.17, 15) is 4.79 Å². The average Bonchev–Trinajstić information content (AvgIpc) is 3.47. The first-order valence-electron chi connectivity index (χ1n) is 11.1. The van der Waals surface area contributed by atoms with Gasteiger partial charge >= 0.3 is 0 Å². The van der Waals surface area contributed by atoms with Crippen LogP contribution >= 0.6 is 0 Å². The molecule has 6 nitrogen and oxygen atoms in total. The Balaban J connectivity index is 1.27. The number of benzene rings is 2. The Bertz CT molecular complexity index is 1340. The van der Waals surface area contributed by atoms with Crippen LogP contribution in [0, 0.1) is 0 Å². The Kier molecular flexibility index (Phi) is 4.12. The van der Waals surface area contributed by atoms with Gasteiger partial charge in [0.15, 0.2) is 0 Å². The van der Waals surface area contributed by atoms with Crippen LogP contribution in [0.15, 0.2) is 67.0 Å². The van der Waals surface area contributed by atoms with Crippen molar-refractivity contribution in [1.29, 1.82) is 0 Å². The Morgan fingerprint density at radius 1 is 1.03 bits per heavy atom. The number of fused-ring (bicyclic) bond motifs is 5. The van der Waals surface area contributed by atoms with Crippen molar-refractivity contribution in [3.8, 4) is 11.4 Å². The smallest absolute Gasteiger partial charge is 0.253 e. The Labute approximate surface area is 187 Å². The summed E-state index contributed by atoms with van der Waals surface area (Å²) in [6.07, 6.45) is 5.86. The lowest BCUT2D eigenvalue weighted by Gasteiger charge is -2.46. The number of nitrogens with one attached hydrogen (secondary N) is 1. The monoisotopic (exact) mass is 426 g/mol. The van der Waals surface area contributed by atoms with E-state index in [1.165, 1.54) is 5.69 Å². The van der Waals surface area contributed by atoms with E-state index in [0.29, 0.717) is 13.1 Å². The summed E-state index contributed by atoms with van der Waals surface area (Å²) in [5, 5.41) is 4.92. The zero-order valence-electron chi connectivity index (χ0n) is 18.3. The number of aryl methyl sites for hydroxylation is 1. The van der Waals surface area contributed by atoms with Gasteiger partial charge in [-0.15, -0.1) is 0 Å². The van der Waals surface area contributed by atoms with Gasteiger partial charge in [-0.3, -0.25) is 4.79 Å². The van der Waals surface area contributed by atoms with E-state index in [-0.39, 0.29) is 11.4 Å². The van der Waals surface area contributed by atoms with Gasteiger partial charge in [0.25, 0.3) is 5.91 Å². The lowest BCUT2D eigenvalue weighted by atomic mass is 9.82. The number of hydrogen-bond acceptors (Lipinski definition) is 3. The van der Waals surface area contributed by atoms with Gasteiger partial charge in [0.05, 0.1) is 24.0 Å². The molecule has 0 atom stereocenters. The van der Waals surface area contributed by atoms with Crippen LogP contribution in [0.1, 0.15) is 28.9 Å². The molecule has 6 rings (SSSR count). The molecule has 2 aliphatic rings. The van der Waals surface area contributed by atoms with Crippen molar-refractivity contribution in [1.82, 2.24) is 14.0 Å². The molecular formula is C26H26N4O2. The van der Waals surface area contributed by atoms with Crippen molar-refractivity contribution < 1.29 is 9.53 Å². The number of aromatic nitrogens is 2. The molecule has 0 radical (unpaired) electrons. The van der Waals surface area contributed by atoms with Gasteiger partial charge in [-0.05, 0) is 61.4 Å². The zero-order valence-corrected chi connectivity index (χ0v) is 18.3. The molecule has 0 aliphatic carbocycles. The molecule has 1 N–H and O–H groups in total. The Morgan fingerprint density at radius 2 is 1.88 bits per heavy atom. The summed E-state index contributed by atoms with van der Waals surface area (Å²) >= 11 is 0. The molecular weight excluding hydrogens is 400 g/mol. The zero-order chi connectivity index (χ0) is 21.9. The highest BCUT2D eigenvalue weighted by atomic mass is 16.5. The summed E-state index contributed by atoms with van der Waals surface area (Å²) in [7, 11) is 3.72. The molecule has 4 heterocycles. The predicted octanol–water partition coefficient (Wildman–Crippen LogP) is 4.53. The minimum absolute atomic E-state index is 0.110. The first-order valence-corrected chi connectivity index (χ1v) is 11.1. The molecule has 32 heavy (non-hydrogen) atoms. The molecule has 1 fully saturated rings. The molecule has 0 saturated carbocycles. The number of piperidine rings is 1. The van der Waals surface area contributed by atoms with E-state index in [1.54, 1.807) is 7.11 Å². The lowest BCUT2D eigenvalue weighted by Crippen LogP contribution is -2.51. The third kappa shape index (κ3) is 2.75. The van der Waals surface area contributed by atoms with Crippen molar-refractivity contribution in [2.24, 2.45) is 7.05 Å². The number of carbonyl (C=O) groups is 1. The van der Waals surface area contributed by atoms with E-state index in [1.807, 2.05) is 42.4 Å². The van der Waals surface area contributed by atoms with Crippen molar-refractivity contribution in [3.63, 3.8) is 0 Å². The summed E-state index contributed by atoms with van der Waals surface area (Å²) in [4.78, 5) is 15.3. The van der Waals surface area contributed by atoms with Crippen molar-refractivity contribution >= 4 is 22.5 Å². The number of ether oxygens (including phenoxy) is 1. The van der Waals surface area contributed by atoms with Gasteiger partial charge < -0.3 is 24.1 Å². The Morgan fingerprint density at radius 3 is 2.69 bits per heavy atom. The molecule has 1 amide bonds. The number of anilines is 1. The van der Waals surface area contributed by atoms with Crippen LogP contribution in [0.4, 0.5) is 5.69 Å². The average molecular weight is 427 g/mol. The molecule has 162 valence electrons. The molecule has 1 saturated heterocycles. The van der Waals surface area contributed by atoms with E-state index in [4.69, 9.17) is 4.74 Å². The third-order valence-electron chi connectivity index (χ3n) is 7.11. The summed E-state index contributed by atoms with van der Waals surface area (Å²) < 4.78 is 9.80. The first-order chi connectivity index (χ1) is 15.6. The quantitative estimate of drug-likeness (QED) is 0.512. The van der Waals surface area contributed by atoms with Crippen molar-refractivity contribution in [2.45, 2.75) is 18.4 Å². The van der Waals surface area contributed by atoms with Crippen LogP contribution in [0.25, 0.3) is 16.6 Å². The largest absolute Gasteiger partial charge is 0.497 e. The van der Waals surface area contributed by atoms with Crippen LogP contribution in [-0.4, -0.2) is 40.1 Å². The van der Waals surface area contributed by atoms with Crippen molar-refractivity contribution in [2.75, 3.05) is 25.5 Å². The predicted molar refractivity (Wildman–Crippen MR) is 126 cm³/mol. The number of rotatable bonds is 2. The minimum Gasteiger partial charge on any atom is -0.497 e. The number of likely N-dealkylation sites (tertiary alicyclic amines) is 1. The van der Waals surface area contributed by atoms with E-state index in [2.05, 4.69) is 51.0 Å². The van der Waals surface area contributed by atoms with Gasteiger partial charge in [0.1, 0.15) is 5.75 Å². The second-order valence-corrected chi connectivity index (χ2v) is 8.85. The van der Waals surface area contributed by atoms with E-state index < -0.39 is 0 Å². The molecule has 2 aliphatic heterocycles. The van der Waals surface area contributed by atoms with Gasteiger partial charge in [-0.2, -0.15) is 0 Å². The van der Waals surface area contributed by atoms with Crippen molar-refractivity contribution in [3.05, 3.63) is 78.2 Å². The normalized spacial score (nSPS) is 16.5. The standard InChI is InChI=1S/C26H26N4O2/c1-28-13-9-18-16-19(5-7-22(18)28)25(31)29-14-10-26(11-15-29)24-4-3-12-30(24)23-8-6-20(32-2)17-21(23)27-26/h3-9,12-13,16-17,27H,10-11,14-15H2,1-2H3. The summed E-state index contributed by atoms with van der Waals surface area (Å²) in [6, 6.07) is 18.5. The second-order valence-electron chi connectivity index (χ2n) is 8.85. The Hall–Kier alpha value is -3.67. The number of nitrogens with zero attached hydrogens (tertiary/aromatic N) is 3. The maximum Gasteiger partial charge on any atom is 0.253 e. The van der Waals surface area contributed by atoms with Gasteiger partial charge in [0.2, 0.25) is 0 Å². The number of hydrogen-bond donors (Lipinski definition) is 1. The molecule has 2 aromatic carbocycles. The molecule has 0 bridgehead atoms. The van der Waals surface area contributed by atoms with Gasteiger partial charge in [0, 0.05) is 60.8 Å². The molecule has 4 aromatic rings. The fourth-order valence-corrected chi connectivity index (χ4v) is 5.33. The summed E-state index contributed by atoms with van der Waals surface area (Å²) in [6.45, 7) is 1.42. The van der Waals surface area contributed by atoms with Crippen LogP contribution < -0.4 is 10.1 Å². The number of methoxy groups -OCH3 is 1. The van der Waals surface area contributed by atoms with Crippen LogP contribution in [0.2, 0.25) is 0 Å². The maximum absolute atomic E-state index is 13.3. The lowest BCUT2D eigenvalue weighted by molar-refractivity contribution is 0.0676. The number of amides is 1. The fourth-order valence-electron chi connectivity index (χ4n) is 5.33. The number of carbonyl (C=O) groups excluding carboxylic acids is 1. The highest BCUT2D eigenvalue weighted by Gasteiger charge is 2.42. The van der Waals surface area contributed by atoms with E-state index in [0.717, 1.165) is 46.4 Å². The molecule has 6 heteroatoms.